The van der Waals surface area contributed by atoms with Gasteiger partial charge in [-0.15, -0.1) is 0 Å². The van der Waals surface area contributed by atoms with Crippen molar-refractivity contribution in [2.75, 3.05) is 13.6 Å². The van der Waals surface area contributed by atoms with Crippen molar-refractivity contribution in [3.05, 3.63) is 24.2 Å². The first-order valence-corrected chi connectivity index (χ1v) is 6.69. The standard InChI is InChI=1S/C14H20N2O5/c1-4-14(5-2,13(19)20)15-11(17)9-16(3)12(18)10-7-6-8-21-10/h6-8H,4-5,9H2,1-3H3,(H,15,17)(H,19,20). The van der Waals surface area contributed by atoms with E-state index in [1.165, 1.54) is 24.3 Å². The highest BCUT2D eigenvalue weighted by Gasteiger charge is 2.36. The normalized spacial score (nSPS) is 11.0. The van der Waals surface area contributed by atoms with E-state index < -0.39 is 23.3 Å². The lowest BCUT2D eigenvalue weighted by molar-refractivity contribution is -0.148. The molecular formula is C14H20N2O5. The van der Waals surface area contributed by atoms with Gasteiger partial charge in [0, 0.05) is 7.05 Å². The van der Waals surface area contributed by atoms with Crippen LogP contribution in [0.2, 0.25) is 0 Å². The summed E-state index contributed by atoms with van der Waals surface area (Å²) in [5, 5.41) is 11.8. The van der Waals surface area contributed by atoms with Gasteiger partial charge >= 0.3 is 5.97 Å². The van der Waals surface area contributed by atoms with Crippen LogP contribution in [0.15, 0.2) is 22.8 Å². The fraction of sp³-hybridized carbons (Fsp3) is 0.500. The average molecular weight is 296 g/mol. The first-order valence-electron chi connectivity index (χ1n) is 6.69. The van der Waals surface area contributed by atoms with Gasteiger partial charge in [0.15, 0.2) is 5.76 Å². The number of hydrogen-bond acceptors (Lipinski definition) is 4. The van der Waals surface area contributed by atoms with Crippen molar-refractivity contribution >= 4 is 17.8 Å². The second-order valence-corrected chi connectivity index (χ2v) is 4.78. The van der Waals surface area contributed by atoms with Crippen LogP contribution in [0.3, 0.4) is 0 Å². The van der Waals surface area contributed by atoms with Crippen molar-refractivity contribution in [2.24, 2.45) is 0 Å². The Bertz CT molecular complexity index is 505. The number of amides is 2. The number of rotatable bonds is 7. The maximum absolute atomic E-state index is 12.0. The number of carbonyl (C=O) groups excluding carboxylic acids is 2. The van der Waals surface area contributed by atoms with Gasteiger partial charge in [-0.2, -0.15) is 0 Å². The minimum absolute atomic E-state index is 0.126. The molecule has 0 saturated carbocycles. The maximum Gasteiger partial charge on any atom is 0.329 e. The molecule has 0 radical (unpaired) electrons. The SMILES string of the molecule is CCC(CC)(NC(=O)CN(C)C(=O)c1ccco1)C(=O)O. The number of carboxylic acid groups (broad SMARTS) is 1. The van der Waals surface area contributed by atoms with Gasteiger partial charge < -0.3 is 19.7 Å². The van der Waals surface area contributed by atoms with Crippen molar-refractivity contribution in [1.82, 2.24) is 10.2 Å². The zero-order valence-electron chi connectivity index (χ0n) is 12.4. The van der Waals surface area contributed by atoms with Gasteiger partial charge in [0.1, 0.15) is 5.54 Å². The summed E-state index contributed by atoms with van der Waals surface area (Å²) in [5.74, 6) is -1.92. The molecule has 0 fully saturated rings. The Morgan fingerprint density at radius 3 is 2.38 bits per heavy atom. The molecule has 7 heteroatoms. The Hall–Kier alpha value is -2.31. The van der Waals surface area contributed by atoms with Crippen molar-refractivity contribution in [3.8, 4) is 0 Å². The van der Waals surface area contributed by atoms with Crippen molar-refractivity contribution in [2.45, 2.75) is 32.2 Å². The Labute approximate surface area is 122 Å². The summed E-state index contributed by atoms with van der Waals surface area (Å²) in [4.78, 5) is 36.4. The summed E-state index contributed by atoms with van der Waals surface area (Å²) in [7, 11) is 1.45. The van der Waals surface area contributed by atoms with E-state index in [1.807, 2.05) is 0 Å². The van der Waals surface area contributed by atoms with E-state index in [1.54, 1.807) is 19.9 Å². The second-order valence-electron chi connectivity index (χ2n) is 4.78. The number of nitrogens with one attached hydrogen (secondary N) is 1. The summed E-state index contributed by atoms with van der Waals surface area (Å²) >= 11 is 0. The number of likely N-dealkylation sites (N-methyl/N-ethyl adjacent to an activating group) is 1. The zero-order valence-corrected chi connectivity index (χ0v) is 12.4. The summed E-state index contributed by atoms with van der Waals surface area (Å²) in [5.41, 5.74) is -1.30. The lowest BCUT2D eigenvalue weighted by Crippen LogP contribution is -2.55. The third-order valence-corrected chi connectivity index (χ3v) is 3.45. The molecule has 2 amide bonds. The molecule has 1 aromatic rings. The monoisotopic (exact) mass is 296 g/mol. The van der Waals surface area contributed by atoms with Crippen LogP contribution in [0, 0.1) is 0 Å². The highest BCUT2D eigenvalue weighted by Crippen LogP contribution is 2.15. The van der Waals surface area contributed by atoms with Crippen LogP contribution in [0.1, 0.15) is 37.2 Å². The van der Waals surface area contributed by atoms with Gasteiger partial charge in [0.2, 0.25) is 5.91 Å². The average Bonchev–Trinajstić information content (AvgIpc) is 2.97. The largest absolute Gasteiger partial charge is 0.480 e. The molecule has 0 aliphatic carbocycles. The van der Waals surface area contributed by atoms with Crippen LogP contribution < -0.4 is 5.32 Å². The van der Waals surface area contributed by atoms with Gasteiger partial charge in [-0.1, -0.05) is 13.8 Å². The van der Waals surface area contributed by atoms with Gasteiger partial charge in [-0.05, 0) is 25.0 Å². The molecule has 1 aromatic heterocycles. The predicted molar refractivity (Wildman–Crippen MR) is 74.8 cm³/mol. The molecule has 1 heterocycles. The van der Waals surface area contributed by atoms with Crippen LogP contribution in [0.4, 0.5) is 0 Å². The summed E-state index contributed by atoms with van der Waals surface area (Å²) < 4.78 is 4.96. The quantitative estimate of drug-likeness (QED) is 0.785. The molecule has 0 saturated heterocycles. The number of carboxylic acids is 1. The van der Waals surface area contributed by atoms with Crippen LogP contribution in [-0.2, 0) is 9.59 Å². The van der Waals surface area contributed by atoms with E-state index >= 15 is 0 Å². The molecule has 0 aliphatic rings. The van der Waals surface area contributed by atoms with Crippen molar-refractivity contribution < 1.29 is 23.9 Å². The van der Waals surface area contributed by atoms with Crippen LogP contribution >= 0.6 is 0 Å². The molecular weight excluding hydrogens is 276 g/mol. The lowest BCUT2D eigenvalue weighted by Gasteiger charge is -2.29. The summed E-state index contributed by atoms with van der Waals surface area (Å²) in [6.07, 6.45) is 1.89. The fourth-order valence-electron chi connectivity index (χ4n) is 1.96. The number of carbonyl (C=O) groups is 3. The molecule has 21 heavy (non-hydrogen) atoms. The third kappa shape index (κ3) is 3.84. The first-order chi connectivity index (χ1) is 9.86. The molecule has 0 atom stereocenters. The number of furan rings is 1. The number of aliphatic carboxylic acids is 1. The highest BCUT2D eigenvalue weighted by molar-refractivity contribution is 5.95. The molecule has 0 bridgehead atoms. The Kier molecular flexibility index (Phi) is 5.52. The van der Waals surface area contributed by atoms with E-state index in [0.717, 1.165) is 0 Å². The van der Waals surface area contributed by atoms with Crippen LogP contribution in [0.25, 0.3) is 0 Å². The highest BCUT2D eigenvalue weighted by atomic mass is 16.4. The molecule has 0 aliphatic heterocycles. The zero-order chi connectivity index (χ0) is 16.0. The smallest absolute Gasteiger partial charge is 0.329 e. The Morgan fingerprint density at radius 2 is 1.95 bits per heavy atom. The molecule has 0 unspecified atom stereocenters. The molecule has 7 nitrogen and oxygen atoms in total. The Balaban J connectivity index is 2.68. The van der Waals surface area contributed by atoms with Crippen molar-refractivity contribution in [1.29, 1.82) is 0 Å². The maximum atomic E-state index is 12.0. The topological polar surface area (TPSA) is 99.9 Å². The molecule has 0 aromatic carbocycles. The van der Waals surface area contributed by atoms with E-state index in [4.69, 9.17) is 4.42 Å². The van der Waals surface area contributed by atoms with Gasteiger partial charge in [0.05, 0.1) is 12.8 Å². The second kappa shape index (κ2) is 6.92. The summed E-state index contributed by atoms with van der Waals surface area (Å²) in [6, 6.07) is 3.07. The molecule has 0 spiro atoms. The minimum Gasteiger partial charge on any atom is -0.480 e. The minimum atomic E-state index is -1.30. The van der Waals surface area contributed by atoms with E-state index in [0.29, 0.717) is 0 Å². The van der Waals surface area contributed by atoms with Crippen molar-refractivity contribution in [3.63, 3.8) is 0 Å². The molecule has 1 rings (SSSR count). The van der Waals surface area contributed by atoms with E-state index in [2.05, 4.69) is 5.32 Å². The molecule has 116 valence electrons. The van der Waals surface area contributed by atoms with Gasteiger partial charge in [-0.25, -0.2) is 4.79 Å². The number of hydrogen-bond donors (Lipinski definition) is 2. The Morgan fingerprint density at radius 1 is 1.33 bits per heavy atom. The summed E-state index contributed by atoms with van der Waals surface area (Å²) in [6.45, 7) is 3.14. The predicted octanol–water partition coefficient (Wildman–Crippen LogP) is 1.11. The van der Waals surface area contributed by atoms with E-state index in [-0.39, 0.29) is 25.1 Å². The van der Waals surface area contributed by atoms with Crippen LogP contribution in [-0.4, -0.2) is 46.9 Å². The lowest BCUT2D eigenvalue weighted by atomic mass is 9.93. The van der Waals surface area contributed by atoms with E-state index in [9.17, 15) is 19.5 Å². The first kappa shape index (κ1) is 16.7. The van der Waals surface area contributed by atoms with Crippen LogP contribution in [0.5, 0.6) is 0 Å². The van der Waals surface area contributed by atoms with Gasteiger partial charge in [-0.3, -0.25) is 9.59 Å². The van der Waals surface area contributed by atoms with Gasteiger partial charge in [0.25, 0.3) is 5.91 Å². The third-order valence-electron chi connectivity index (χ3n) is 3.45. The number of nitrogens with zero attached hydrogens (tertiary/aromatic N) is 1. The molecule has 2 N–H and O–H groups in total. The fourth-order valence-corrected chi connectivity index (χ4v) is 1.96.